The molecule has 2 aromatic carbocycles. The second-order valence-electron chi connectivity index (χ2n) is 6.48. The van der Waals surface area contributed by atoms with E-state index in [0.29, 0.717) is 24.4 Å². The van der Waals surface area contributed by atoms with Crippen LogP contribution in [-0.2, 0) is 4.79 Å². The molecule has 4 rings (SSSR count). The van der Waals surface area contributed by atoms with Crippen LogP contribution in [0.3, 0.4) is 0 Å². The molecule has 5 heteroatoms. The van der Waals surface area contributed by atoms with E-state index in [-0.39, 0.29) is 27.9 Å². The van der Waals surface area contributed by atoms with Gasteiger partial charge >= 0.3 is 0 Å². The van der Waals surface area contributed by atoms with Crippen molar-refractivity contribution in [1.29, 1.82) is 0 Å². The maximum absolute atomic E-state index is 12.4. The number of phenols is 1. The largest absolute Gasteiger partial charge is 0.507 e. The molecule has 1 heterocycles. The molecule has 1 atom stereocenters. The molecule has 1 N–H and O–H groups in total. The number of phenolic OH excluding ortho intramolecular Hbond substituents is 1. The Bertz CT molecular complexity index is 1020. The Hall–Kier alpha value is -3.08. The topological polar surface area (TPSA) is 76.7 Å². The van der Waals surface area contributed by atoms with Crippen molar-refractivity contribution < 1.29 is 19.1 Å². The summed E-state index contributed by atoms with van der Waals surface area (Å²) >= 11 is 0. The number of Topliss-reactive ketones (excluding diaryl/α,β-unsaturated/α-hetero) is 1. The number of aromatic hydroxyl groups is 1. The van der Waals surface area contributed by atoms with Crippen LogP contribution in [0, 0.1) is 0 Å². The summed E-state index contributed by atoms with van der Waals surface area (Å²) in [4.78, 5) is 24.4. The van der Waals surface area contributed by atoms with Crippen molar-refractivity contribution in [2.75, 3.05) is 0 Å². The van der Waals surface area contributed by atoms with Crippen LogP contribution in [0.4, 0.5) is 0 Å². The summed E-state index contributed by atoms with van der Waals surface area (Å²) in [6.07, 6.45) is 2.48. The highest BCUT2D eigenvalue weighted by atomic mass is 16.5. The average Bonchev–Trinajstić information content (AvgIpc) is 2.64. The Morgan fingerprint density at radius 2 is 1.85 bits per heavy atom. The van der Waals surface area contributed by atoms with Gasteiger partial charge in [0.25, 0.3) is 0 Å². The number of carbonyl (C=O) groups excluding carboxylic acids is 1. The minimum atomic E-state index is -0.510. The van der Waals surface area contributed by atoms with E-state index in [2.05, 4.69) is 0 Å². The summed E-state index contributed by atoms with van der Waals surface area (Å²) in [5.41, 5.74) is 0.664. The lowest BCUT2D eigenvalue weighted by molar-refractivity contribution is -0.127. The van der Waals surface area contributed by atoms with Crippen LogP contribution in [0.5, 0.6) is 11.5 Å². The fourth-order valence-corrected chi connectivity index (χ4v) is 3.30. The number of hydrogen-bond acceptors (Lipinski definition) is 5. The number of rotatable bonds is 3. The highest BCUT2D eigenvalue weighted by molar-refractivity contribution is 5.87. The minimum Gasteiger partial charge on any atom is -0.507 e. The van der Waals surface area contributed by atoms with Crippen molar-refractivity contribution in [2.45, 2.75) is 31.8 Å². The van der Waals surface area contributed by atoms with E-state index in [0.717, 1.165) is 18.4 Å². The third-order valence-electron chi connectivity index (χ3n) is 4.62. The summed E-state index contributed by atoms with van der Waals surface area (Å²) in [5.74, 6) is 0.585. The molecular weight excluding hydrogens is 332 g/mol. The molecule has 5 nitrogen and oxygen atoms in total. The van der Waals surface area contributed by atoms with Gasteiger partial charge in [-0.2, -0.15) is 0 Å². The molecule has 26 heavy (non-hydrogen) atoms. The molecule has 1 aromatic heterocycles. The third-order valence-corrected chi connectivity index (χ3v) is 4.62. The molecular formula is C21H18O5. The predicted molar refractivity (Wildman–Crippen MR) is 97.5 cm³/mol. The molecule has 1 saturated carbocycles. The molecule has 0 saturated heterocycles. The maximum Gasteiger partial charge on any atom is 0.197 e. The van der Waals surface area contributed by atoms with Gasteiger partial charge in [0.05, 0.1) is 0 Å². The quantitative estimate of drug-likeness (QED) is 0.771. The molecule has 0 bridgehead atoms. The first-order valence-electron chi connectivity index (χ1n) is 8.67. The third kappa shape index (κ3) is 3.08. The molecule has 0 amide bonds. The van der Waals surface area contributed by atoms with Crippen molar-refractivity contribution in [3.8, 4) is 22.8 Å². The van der Waals surface area contributed by atoms with E-state index in [4.69, 9.17) is 9.15 Å². The van der Waals surface area contributed by atoms with Crippen molar-refractivity contribution in [1.82, 2.24) is 0 Å². The zero-order valence-corrected chi connectivity index (χ0v) is 14.1. The minimum absolute atomic E-state index is 0.0651. The van der Waals surface area contributed by atoms with Gasteiger partial charge in [-0.25, -0.2) is 0 Å². The maximum atomic E-state index is 12.4. The SMILES string of the molecule is O=C1CCCCC1Oc1cc(O)c2c(=O)cc(-c3ccccc3)oc2c1. The van der Waals surface area contributed by atoms with E-state index < -0.39 is 6.10 Å². The highest BCUT2D eigenvalue weighted by Gasteiger charge is 2.24. The van der Waals surface area contributed by atoms with Gasteiger partial charge in [0.15, 0.2) is 17.3 Å². The number of ether oxygens (including phenoxy) is 1. The Balaban J connectivity index is 1.77. The van der Waals surface area contributed by atoms with Gasteiger partial charge in [-0.15, -0.1) is 0 Å². The van der Waals surface area contributed by atoms with Gasteiger partial charge in [-0.1, -0.05) is 30.3 Å². The number of benzene rings is 2. The molecule has 1 fully saturated rings. The highest BCUT2D eigenvalue weighted by Crippen LogP contribution is 2.32. The summed E-state index contributed by atoms with van der Waals surface area (Å²) in [5, 5.41) is 10.4. The van der Waals surface area contributed by atoms with Crippen LogP contribution in [-0.4, -0.2) is 17.0 Å². The van der Waals surface area contributed by atoms with Gasteiger partial charge in [0.1, 0.15) is 28.2 Å². The molecule has 0 aliphatic heterocycles. The number of carbonyl (C=O) groups is 1. The van der Waals surface area contributed by atoms with E-state index in [1.807, 2.05) is 30.3 Å². The summed E-state index contributed by atoms with van der Waals surface area (Å²) < 4.78 is 11.6. The van der Waals surface area contributed by atoms with Crippen LogP contribution in [0.15, 0.2) is 57.7 Å². The number of ketones is 1. The van der Waals surface area contributed by atoms with E-state index in [9.17, 15) is 14.7 Å². The smallest absolute Gasteiger partial charge is 0.197 e. The van der Waals surface area contributed by atoms with E-state index in [1.54, 1.807) is 6.07 Å². The molecule has 0 radical (unpaired) electrons. The van der Waals surface area contributed by atoms with Crippen LogP contribution in [0.1, 0.15) is 25.7 Å². The van der Waals surface area contributed by atoms with Crippen molar-refractivity contribution >= 4 is 16.8 Å². The molecule has 1 unspecified atom stereocenters. The van der Waals surface area contributed by atoms with E-state index in [1.165, 1.54) is 12.1 Å². The zero-order valence-electron chi connectivity index (χ0n) is 14.1. The standard InChI is InChI=1S/C21H18O5/c22-15-8-4-5-9-18(15)25-14-10-16(23)21-17(24)12-19(26-20(21)11-14)13-6-2-1-3-7-13/h1-3,6-7,10-12,18,23H,4-5,8-9H2. The second-order valence-corrected chi connectivity index (χ2v) is 6.48. The van der Waals surface area contributed by atoms with Crippen LogP contribution in [0.2, 0.25) is 0 Å². The average molecular weight is 350 g/mol. The first-order valence-corrected chi connectivity index (χ1v) is 8.67. The normalized spacial score (nSPS) is 17.4. The summed E-state index contributed by atoms with van der Waals surface area (Å²) in [6.45, 7) is 0. The summed E-state index contributed by atoms with van der Waals surface area (Å²) in [6, 6.07) is 13.5. The molecule has 3 aromatic rings. The Morgan fingerprint density at radius 3 is 2.62 bits per heavy atom. The van der Waals surface area contributed by atoms with Gasteiger partial charge in [-0.05, 0) is 19.3 Å². The number of fused-ring (bicyclic) bond motifs is 1. The molecule has 0 spiro atoms. The fourth-order valence-electron chi connectivity index (χ4n) is 3.30. The van der Waals surface area contributed by atoms with Crippen LogP contribution >= 0.6 is 0 Å². The monoisotopic (exact) mass is 350 g/mol. The Kier molecular flexibility index (Phi) is 4.21. The Morgan fingerprint density at radius 1 is 1.04 bits per heavy atom. The lowest BCUT2D eigenvalue weighted by Crippen LogP contribution is -2.30. The first-order chi connectivity index (χ1) is 12.6. The molecule has 1 aliphatic rings. The van der Waals surface area contributed by atoms with Crippen molar-refractivity contribution in [3.63, 3.8) is 0 Å². The lowest BCUT2D eigenvalue weighted by atomic mass is 9.96. The zero-order chi connectivity index (χ0) is 18.1. The van der Waals surface area contributed by atoms with Gasteiger partial charge in [0.2, 0.25) is 0 Å². The number of hydrogen-bond donors (Lipinski definition) is 1. The van der Waals surface area contributed by atoms with Crippen molar-refractivity contribution in [3.05, 3.63) is 58.8 Å². The lowest BCUT2D eigenvalue weighted by Gasteiger charge is -2.22. The van der Waals surface area contributed by atoms with Crippen molar-refractivity contribution in [2.24, 2.45) is 0 Å². The van der Waals surface area contributed by atoms with E-state index >= 15 is 0 Å². The predicted octanol–water partition coefficient (Wildman–Crippen LogP) is 4.06. The van der Waals surface area contributed by atoms with Crippen LogP contribution < -0.4 is 10.2 Å². The fraction of sp³-hybridized carbons (Fsp3) is 0.238. The molecule has 132 valence electrons. The summed E-state index contributed by atoms with van der Waals surface area (Å²) in [7, 11) is 0. The van der Waals surface area contributed by atoms with Gasteiger partial charge in [0, 0.05) is 30.2 Å². The first kappa shape index (κ1) is 16.4. The van der Waals surface area contributed by atoms with Crippen LogP contribution in [0.25, 0.3) is 22.3 Å². The van der Waals surface area contributed by atoms with Gasteiger partial charge < -0.3 is 14.3 Å². The molecule has 1 aliphatic carbocycles. The Labute approximate surface area is 149 Å². The van der Waals surface area contributed by atoms with Gasteiger partial charge in [-0.3, -0.25) is 9.59 Å². The second kappa shape index (κ2) is 6.67.